The Labute approximate surface area is 74.7 Å². The second kappa shape index (κ2) is 3.87. The molecule has 6 atom stereocenters. The van der Waals surface area contributed by atoms with Crippen LogP contribution in [0.1, 0.15) is 6.42 Å². The molecular formula is C7H14O6. The van der Waals surface area contributed by atoms with Gasteiger partial charge in [-0.25, -0.2) is 0 Å². The molecule has 6 unspecified atom stereocenters. The first-order valence-electron chi connectivity index (χ1n) is 4.03. The van der Waals surface area contributed by atoms with Gasteiger partial charge in [-0.2, -0.15) is 0 Å². The van der Waals surface area contributed by atoms with Gasteiger partial charge in [-0.05, 0) is 0 Å². The van der Waals surface area contributed by atoms with Gasteiger partial charge in [-0.3, -0.25) is 0 Å². The quantitative estimate of drug-likeness (QED) is 0.223. The summed E-state index contributed by atoms with van der Waals surface area (Å²) in [6.45, 7) is 0. The summed E-state index contributed by atoms with van der Waals surface area (Å²) in [7, 11) is 0. The summed E-state index contributed by atoms with van der Waals surface area (Å²) in [5.74, 6) is 0. The second-order valence-corrected chi connectivity index (χ2v) is 3.33. The number of hydrogen-bond acceptors (Lipinski definition) is 6. The van der Waals surface area contributed by atoms with Crippen molar-refractivity contribution in [2.45, 2.75) is 43.0 Å². The first kappa shape index (κ1) is 10.8. The van der Waals surface area contributed by atoms with Gasteiger partial charge in [0.2, 0.25) is 0 Å². The minimum atomic E-state index is -1.65. The molecule has 1 fully saturated rings. The summed E-state index contributed by atoms with van der Waals surface area (Å²) in [5.41, 5.74) is 0. The fraction of sp³-hybridized carbons (Fsp3) is 1.00. The molecule has 1 saturated carbocycles. The average molecular weight is 194 g/mol. The molecular weight excluding hydrogens is 180 g/mol. The highest BCUT2D eigenvalue weighted by molar-refractivity contribution is 4.93. The van der Waals surface area contributed by atoms with Crippen LogP contribution in [0.5, 0.6) is 0 Å². The van der Waals surface area contributed by atoms with Gasteiger partial charge in [0, 0.05) is 6.42 Å². The van der Waals surface area contributed by atoms with E-state index >= 15 is 0 Å². The minimum absolute atomic E-state index is 0.281. The first-order valence-corrected chi connectivity index (χ1v) is 4.03. The van der Waals surface area contributed by atoms with Crippen LogP contribution in [0.25, 0.3) is 0 Å². The van der Waals surface area contributed by atoms with Gasteiger partial charge >= 0.3 is 0 Å². The molecule has 6 N–H and O–H groups in total. The highest BCUT2D eigenvalue weighted by atomic mass is 16.4. The van der Waals surface area contributed by atoms with Gasteiger partial charge in [-0.15, -0.1) is 0 Å². The molecule has 1 aliphatic carbocycles. The fourth-order valence-corrected chi connectivity index (χ4v) is 1.39. The molecule has 0 heterocycles. The van der Waals surface area contributed by atoms with E-state index in [0.717, 1.165) is 0 Å². The largest absolute Gasteiger partial charge is 0.390 e. The van der Waals surface area contributed by atoms with Crippen LogP contribution in [0.15, 0.2) is 0 Å². The maximum atomic E-state index is 9.15. The lowest BCUT2D eigenvalue weighted by Crippen LogP contribution is -2.47. The zero-order valence-electron chi connectivity index (χ0n) is 6.85. The molecule has 0 aromatic heterocycles. The maximum absolute atomic E-state index is 9.15. The third-order valence-corrected chi connectivity index (χ3v) is 2.32. The Morgan fingerprint density at radius 1 is 0.538 bits per heavy atom. The summed E-state index contributed by atoms with van der Waals surface area (Å²) < 4.78 is 0. The lowest BCUT2D eigenvalue weighted by atomic mass is 10.0. The molecule has 0 aromatic rings. The normalized spacial score (nSPS) is 53.1. The van der Waals surface area contributed by atoms with Crippen LogP contribution in [-0.4, -0.2) is 67.3 Å². The van der Waals surface area contributed by atoms with Gasteiger partial charge in [0.05, 0.1) is 12.2 Å². The van der Waals surface area contributed by atoms with Crippen molar-refractivity contribution in [3.63, 3.8) is 0 Å². The van der Waals surface area contributed by atoms with Gasteiger partial charge in [0.15, 0.2) is 0 Å². The van der Waals surface area contributed by atoms with Crippen LogP contribution in [0.2, 0.25) is 0 Å². The highest BCUT2D eigenvalue weighted by Crippen LogP contribution is 2.20. The Balaban J connectivity index is 2.79. The number of aliphatic hydroxyl groups is 6. The van der Waals surface area contributed by atoms with Gasteiger partial charge in [0.1, 0.15) is 24.4 Å². The van der Waals surface area contributed by atoms with Crippen LogP contribution in [0.3, 0.4) is 0 Å². The predicted molar refractivity (Wildman–Crippen MR) is 40.7 cm³/mol. The van der Waals surface area contributed by atoms with Gasteiger partial charge < -0.3 is 30.6 Å². The van der Waals surface area contributed by atoms with Crippen molar-refractivity contribution in [2.75, 3.05) is 0 Å². The van der Waals surface area contributed by atoms with E-state index in [4.69, 9.17) is 30.6 Å². The fourth-order valence-electron chi connectivity index (χ4n) is 1.39. The molecule has 0 aliphatic heterocycles. The van der Waals surface area contributed by atoms with Crippen LogP contribution in [0, 0.1) is 0 Å². The van der Waals surface area contributed by atoms with Gasteiger partial charge in [-0.1, -0.05) is 0 Å². The number of hydrogen-bond donors (Lipinski definition) is 6. The molecule has 0 aromatic carbocycles. The monoisotopic (exact) mass is 194 g/mol. The predicted octanol–water partition coefficient (Wildman–Crippen LogP) is -3.44. The van der Waals surface area contributed by atoms with Crippen LogP contribution < -0.4 is 0 Å². The lowest BCUT2D eigenvalue weighted by Gasteiger charge is -2.23. The SMILES string of the molecule is OC1CC(O)C(O)C(O)C(O)C1O. The molecule has 6 heteroatoms. The number of aliphatic hydroxyl groups excluding tert-OH is 6. The Bertz CT molecular complexity index is 156. The maximum Gasteiger partial charge on any atom is 0.111 e. The zero-order valence-corrected chi connectivity index (χ0v) is 6.85. The molecule has 1 aliphatic rings. The zero-order chi connectivity index (χ0) is 10.2. The summed E-state index contributed by atoms with van der Waals surface area (Å²) in [6, 6.07) is 0. The Kier molecular flexibility index (Phi) is 3.23. The van der Waals surface area contributed by atoms with E-state index in [-0.39, 0.29) is 6.42 Å². The van der Waals surface area contributed by atoms with E-state index in [1.165, 1.54) is 0 Å². The molecule has 0 spiro atoms. The minimum Gasteiger partial charge on any atom is -0.390 e. The third-order valence-electron chi connectivity index (χ3n) is 2.32. The summed E-state index contributed by atoms with van der Waals surface area (Å²) in [4.78, 5) is 0. The standard InChI is InChI=1S/C7H14O6/c8-2-1-3(9)5(11)7(13)6(12)4(2)10/h2-13H,1H2. The molecule has 0 radical (unpaired) electrons. The van der Waals surface area contributed by atoms with Crippen molar-refractivity contribution in [3.05, 3.63) is 0 Å². The lowest BCUT2D eigenvalue weighted by molar-refractivity contribution is -0.124. The van der Waals surface area contributed by atoms with E-state index in [0.29, 0.717) is 0 Å². The summed E-state index contributed by atoms with van der Waals surface area (Å²) in [5, 5.41) is 54.9. The Hall–Kier alpha value is -0.240. The topological polar surface area (TPSA) is 121 Å². The first-order chi connectivity index (χ1) is 5.95. The average Bonchev–Trinajstić information content (AvgIpc) is 2.15. The van der Waals surface area contributed by atoms with Crippen molar-refractivity contribution < 1.29 is 30.6 Å². The van der Waals surface area contributed by atoms with E-state index < -0.39 is 36.6 Å². The van der Waals surface area contributed by atoms with Crippen LogP contribution in [0.4, 0.5) is 0 Å². The van der Waals surface area contributed by atoms with E-state index in [9.17, 15) is 0 Å². The van der Waals surface area contributed by atoms with E-state index in [2.05, 4.69) is 0 Å². The van der Waals surface area contributed by atoms with Crippen molar-refractivity contribution in [2.24, 2.45) is 0 Å². The summed E-state index contributed by atoms with van der Waals surface area (Å²) in [6.07, 6.45) is -9.39. The molecule has 13 heavy (non-hydrogen) atoms. The van der Waals surface area contributed by atoms with E-state index in [1.807, 2.05) is 0 Å². The van der Waals surface area contributed by atoms with Crippen molar-refractivity contribution in [1.29, 1.82) is 0 Å². The molecule has 1 rings (SSSR count). The van der Waals surface area contributed by atoms with Crippen LogP contribution in [-0.2, 0) is 0 Å². The van der Waals surface area contributed by atoms with Crippen molar-refractivity contribution in [3.8, 4) is 0 Å². The van der Waals surface area contributed by atoms with Gasteiger partial charge in [0.25, 0.3) is 0 Å². The Morgan fingerprint density at radius 3 is 1.15 bits per heavy atom. The second-order valence-electron chi connectivity index (χ2n) is 3.33. The highest BCUT2D eigenvalue weighted by Gasteiger charge is 2.42. The molecule has 0 amide bonds. The molecule has 78 valence electrons. The number of rotatable bonds is 0. The third kappa shape index (κ3) is 1.98. The van der Waals surface area contributed by atoms with E-state index in [1.54, 1.807) is 0 Å². The molecule has 6 nitrogen and oxygen atoms in total. The Morgan fingerprint density at radius 2 is 0.846 bits per heavy atom. The van der Waals surface area contributed by atoms with Crippen molar-refractivity contribution >= 4 is 0 Å². The molecule has 0 bridgehead atoms. The molecule has 0 saturated heterocycles. The smallest absolute Gasteiger partial charge is 0.111 e. The van der Waals surface area contributed by atoms with Crippen molar-refractivity contribution in [1.82, 2.24) is 0 Å². The van der Waals surface area contributed by atoms with Crippen LogP contribution >= 0.6 is 0 Å². The summed E-state index contributed by atoms with van der Waals surface area (Å²) >= 11 is 0.